The number of nitrogens with one attached hydrogen (secondary N) is 2. The molecule has 2 N–H and O–H groups in total. The van der Waals surface area contributed by atoms with Crippen LogP contribution in [-0.2, 0) is 22.9 Å². The van der Waals surface area contributed by atoms with Gasteiger partial charge in [-0.25, -0.2) is 22.2 Å². The van der Waals surface area contributed by atoms with Crippen LogP contribution in [0.1, 0.15) is 11.1 Å². The first-order valence-corrected chi connectivity index (χ1v) is 10.5. The van der Waals surface area contributed by atoms with E-state index < -0.39 is 22.8 Å². The van der Waals surface area contributed by atoms with E-state index in [1.165, 1.54) is 12.4 Å². The first-order chi connectivity index (χ1) is 13.7. The van der Waals surface area contributed by atoms with E-state index in [1.807, 2.05) is 6.92 Å². The van der Waals surface area contributed by atoms with Crippen LogP contribution in [0.2, 0.25) is 0 Å². The standard InChI is InChI=1S/C18H20F2N6O2S/c1-12-7-22-18(24-14-9-23-26(10-14)11-16(19)20)25-17(12)21-8-13-5-3-4-6-15(13)29(2,27)28/h3-7,9-10,16H,8,11H2,1-2H3,(H2,21,22,24,25). The van der Waals surface area contributed by atoms with E-state index >= 15 is 0 Å². The zero-order chi connectivity index (χ0) is 21.0. The number of halogens is 2. The van der Waals surface area contributed by atoms with Crippen molar-refractivity contribution in [2.45, 2.75) is 31.3 Å². The maximum absolute atomic E-state index is 12.4. The summed E-state index contributed by atoms with van der Waals surface area (Å²) < 4.78 is 49.9. The van der Waals surface area contributed by atoms with Crippen molar-refractivity contribution in [2.24, 2.45) is 0 Å². The summed E-state index contributed by atoms with van der Waals surface area (Å²) in [6.45, 7) is 1.57. The number of hydrogen-bond donors (Lipinski definition) is 2. The SMILES string of the molecule is Cc1cnc(Nc2cnn(CC(F)F)c2)nc1NCc1ccccc1S(C)(=O)=O. The number of nitrogens with zero attached hydrogens (tertiary/aromatic N) is 4. The van der Waals surface area contributed by atoms with Crippen molar-refractivity contribution < 1.29 is 17.2 Å². The molecule has 2 heterocycles. The minimum atomic E-state index is -3.35. The van der Waals surface area contributed by atoms with Gasteiger partial charge in [-0.3, -0.25) is 4.68 Å². The Labute approximate surface area is 166 Å². The summed E-state index contributed by atoms with van der Waals surface area (Å²) in [7, 11) is -3.35. The van der Waals surface area contributed by atoms with E-state index in [-0.39, 0.29) is 17.4 Å². The molecule has 0 saturated carbocycles. The highest BCUT2D eigenvalue weighted by molar-refractivity contribution is 7.90. The third-order valence-electron chi connectivity index (χ3n) is 4.00. The molecular weight excluding hydrogens is 402 g/mol. The van der Waals surface area contributed by atoms with Crippen molar-refractivity contribution in [1.29, 1.82) is 0 Å². The van der Waals surface area contributed by atoms with Crippen LogP contribution in [0.5, 0.6) is 0 Å². The minimum absolute atomic E-state index is 0.254. The fourth-order valence-electron chi connectivity index (χ4n) is 2.67. The van der Waals surface area contributed by atoms with Crippen molar-refractivity contribution >= 4 is 27.3 Å². The van der Waals surface area contributed by atoms with Crippen molar-refractivity contribution in [3.05, 3.63) is 54.0 Å². The molecule has 0 fully saturated rings. The second kappa shape index (κ2) is 8.52. The van der Waals surface area contributed by atoms with Gasteiger partial charge in [-0.05, 0) is 18.6 Å². The molecule has 0 aliphatic heterocycles. The number of alkyl halides is 2. The van der Waals surface area contributed by atoms with Crippen LogP contribution in [0.4, 0.5) is 26.2 Å². The molecule has 3 rings (SSSR count). The molecule has 0 aliphatic carbocycles. The Balaban J connectivity index is 1.74. The normalized spacial score (nSPS) is 11.6. The highest BCUT2D eigenvalue weighted by atomic mass is 32.2. The molecule has 29 heavy (non-hydrogen) atoms. The van der Waals surface area contributed by atoms with E-state index in [2.05, 4.69) is 25.7 Å². The van der Waals surface area contributed by atoms with Crippen molar-refractivity contribution in [2.75, 3.05) is 16.9 Å². The molecule has 0 aliphatic rings. The van der Waals surface area contributed by atoms with E-state index in [1.54, 1.807) is 30.5 Å². The van der Waals surface area contributed by atoms with E-state index in [0.717, 1.165) is 16.5 Å². The van der Waals surface area contributed by atoms with Gasteiger partial charge in [-0.2, -0.15) is 10.1 Å². The molecule has 3 aromatic rings. The van der Waals surface area contributed by atoms with Gasteiger partial charge in [0.25, 0.3) is 6.43 Å². The molecule has 0 saturated heterocycles. The highest BCUT2D eigenvalue weighted by Gasteiger charge is 2.13. The van der Waals surface area contributed by atoms with Gasteiger partial charge >= 0.3 is 0 Å². The quantitative estimate of drug-likeness (QED) is 0.575. The monoisotopic (exact) mass is 422 g/mol. The summed E-state index contributed by atoms with van der Waals surface area (Å²) in [6, 6.07) is 6.73. The van der Waals surface area contributed by atoms with Gasteiger partial charge < -0.3 is 10.6 Å². The summed E-state index contributed by atoms with van der Waals surface area (Å²) in [5, 5.41) is 9.88. The molecule has 2 aromatic heterocycles. The number of aryl methyl sites for hydroxylation is 1. The van der Waals surface area contributed by atoms with Gasteiger partial charge in [0.05, 0.1) is 16.8 Å². The number of anilines is 3. The molecule has 154 valence electrons. The average molecular weight is 422 g/mol. The van der Waals surface area contributed by atoms with Crippen molar-refractivity contribution in [1.82, 2.24) is 19.7 Å². The van der Waals surface area contributed by atoms with E-state index in [9.17, 15) is 17.2 Å². The number of benzene rings is 1. The van der Waals surface area contributed by atoms with Crippen molar-refractivity contribution in [3.63, 3.8) is 0 Å². The predicted octanol–water partition coefficient (Wildman–Crippen LogP) is 3.01. The number of rotatable bonds is 8. The second-order valence-electron chi connectivity index (χ2n) is 6.43. The van der Waals surface area contributed by atoms with Gasteiger partial charge in [0.2, 0.25) is 5.95 Å². The lowest BCUT2D eigenvalue weighted by Crippen LogP contribution is -2.09. The van der Waals surface area contributed by atoms with Gasteiger partial charge in [0.15, 0.2) is 9.84 Å². The molecule has 0 unspecified atom stereocenters. The zero-order valence-corrected chi connectivity index (χ0v) is 16.6. The van der Waals surface area contributed by atoms with Crippen molar-refractivity contribution in [3.8, 4) is 0 Å². The lowest BCUT2D eigenvalue weighted by Gasteiger charge is -2.12. The van der Waals surface area contributed by atoms with Gasteiger partial charge in [-0.15, -0.1) is 0 Å². The average Bonchev–Trinajstić information content (AvgIpc) is 3.07. The molecule has 0 radical (unpaired) electrons. The Morgan fingerprint density at radius 2 is 1.97 bits per heavy atom. The Bertz CT molecular complexity index is 1100. The summed E-state index contributed by atoms with van der Waals surface area (Å²) in [4.78, 5) is 8.80. The molecule has 0 bridgehead atoms. The molecule has 1 aromatic carbocycles. The zero-order valence-electron chi connectivity index (χ0n) is 15.8. The maximum atomic E-state index is 12.4. The topological polar surface area (TPSA) is 102 Å². The van der Waals surface area contributed by atoms with Crippen LogP contribution in [0.3, 0.4) is 0 Å². The highest BCUT2D eigenvalue weighted by Crippen LogP contribution is 2.20. The molecule has 0 atom stereocenters. The first kappa shape index (κ1) is 20.6. The van der Waals surface area contributed by atoms with Gasteiger partial charge in [-0.1, -0.05) is 18.2 Å². The first-order valence-electron chi connectivity index (χ1n) is 8.65. The predicted molar refractivity (Wildman–Crippen MR) is 105 cm³/mol. The van der Waals surface area contributed by atoms with Crippen LogP contribution in [0, 0.1) is 6.92 Å². The maximum Gasteiger partial charge on any atom is 0.257 e. The third kappa shape index (κ3) is 5.47. The summed E-state index contributed by atoms with van der Waals surface area (Å²) in [6.07, 6.45) is 3.11. The largest absolute Gasteiger partial charge is 0.366 e. The molecule has 0 spiro atoms. The molecule has 0 amide bonds. The van der Waals surface area contributed by atoms with Gasteiger partial charge in [0.1, 0.15) is 12.4 Å². The second-order valence-corrected chi connectivity index (χ2v) is 8.41. The van der Waals surface area contributed by atoms with E-state index in [0.29, 0.717) is 17.1 Å². The number of hydrogen-bond acceptors (Lipinski definition) is 7. The number of aromatic nitrogens is 4. The summed E-state index contributed by atoms with van der Waals surface area (Å²) in [5.74, 6) is 0.775. The summed E-state index contributed by atoms with van der Waals surface area (Å²) >= 11 is 0. The minimum Gasteiger partial charge on any atom is -0.366 e. The fourth-order valence-corrected chi connectivity index (χ4v) is 3.61. The Hall–Kier alpha value is -3.08. The Kier molecular flexibility index (Phi) is 6.06. The smallest absolute Gasteiger partial charge is 0.257 e. The van der Waals surface area contributed by atoms with Crippen LogP contribution in [-0.4, -0.2) is 40.8 Å². The van der Waals surface area contributed by atoms with E-state index in [4.69, 9.17) is 0 Å². The van der Waals surface area contributed by atoms with Gasteiger partial charge in [0, 0.05) is 30.8 Å². The van der Waals surface area contributed by atoms with Crippen LogP contribution in [0.15, 0.2) is 47.8 Å². The third-order valence-corrected chi connectivity index (χ3v) is 5.20. The molecular formula is C18H20F2N6O2S. The lowest BCUT2D eigenvalue weighted by atomic mass is 10.2. The molecule has 11 heteroatoms. The lowest BCUT2D eigenvalue weighted by molar-refractivity contribution is 0.122. The molecule has 8 nitrogen and oxygen atoms in total. The van der Waals surface area contributed by atoms with Crippen LogP contribution < -0.4 is 10.6 Å². The Morgan fingerprint density at radius 3 is 2.69 bits per heavy atom. The Morgan fingerprint density at radius 1 is 1.21 bits per heavy atom. The van der Waals surface area contributed by atoms with Crippen LogP contribution >= 0.6 is 0 Å². The number of sulfone groups is 1. The fraction of sp³-hybridized carbons (Fsp3) is 0.278. The van der Waals surface area contributed by atoms with Crippen LogP contribution in [0.25, 0.3) is 0 Å². The summed E-state index contributed by atoms with van der Waals surface area (Å²) in [5.41, 5.74) is 1.86.